The zero-order valence-electron chi connectivity index (χ0n) is 19.3. The SMILES string of the molecule is CCc1nc(-c2ccccc2F)c(Cl)cc1C(=NC)N1CCN(C(=O)OC(C)(C)C)CC1. The number of aliphatic imine (C=N–C) groups is 1. The van der Waals surface area contributed by atoms with E-state index < -0.39 is 5.60 Å². The maximum absolute atomic E-state index is 14.3. The molecule has 0 bridgehead atoms. The van der Waals surface area contributed by atoms with Crippen molar-refractivity contribution in [2.24, 2.45) is 4.99 Å². The topological polar surface area (TPSA) is 58.0 Å². The second-order valence-corrected chi connectivity index (χ2v) is 9.06. The number of amides is 1. The summed E-state index contributed by atoms with van der Waals surface area (Å²) in [5, 5.41) is 0.371. The molecule has 0 radical (unpaired) electrons. The summed E-state index contributed by atoms with van der Waals surface area (Å²) in [4.78, 5) is 25.4. The van der Waals surface area contributed by atoms with Crippen molar-refractivity contribution < 1.29 is 13.9 Å². The molecule has 0 saturated carbocycles. The van der Waals surface area contributed by atoms with E-state index in [9.17, 15) is 9.18 Å². The van der Waals surface area contributed by atoms with E-state index in [-0.39, 0.29) is 11.9 Å². The van der Waals surface area contributed by atoms with Crippen molar-refractivity contribution in [2.45, 2.75) is 39.7 Å². The van der Waals surface area contributed by atoms with Gasteiger partial charge in [-0.1, -0.05) is 30.7 Å². The van der Waals surface area contributed by atoms with E-state index in [1.807, 2.05) is 33.8 Å². The normalized spacial score (nSPS) is 15.2. The highest BCUT2D eigenvalue weighted by molar-refractivity contribution is 6.33. The molecule has 172 valence electrons. The van der Waals surface area contributed by atoms with Gasteiger partial charge in [-0.2, -0.15) is 0 Å². The Balaban J connectivity index is 1.83. The third-order valence-electron chi connectivity index (χ3n) is 5.20. The molecule has 1 amide bonds. The first-order valence-electron chi connectivity index (χ1n) is 10.8. The van der Waals surface area contributed by atoms with Crippen LogP contribution < -0.4 is 0 Å². The molecule has 3 rings (SSSR count). The van der Waals surface area contributed by atoms with Crippen LogP contribution in [0.4, 0.5) is 9.18 Å². The Kier molecular flexibility index (Phi) is 7.39. The number of rotatable bonds is 3. The Labute approximate surface area is 194 Å². The summed E-state index contributed by atoms with van der Waals surface area (Å²) in [6.45, 7) is 9.86. The van der Waals surface area contributed by atoms with Crippen molar-refractivity contribution in [2.75, 3.05) is 33.2 Å². The number of ether oxygens (including phenoxy) is 1. The van der Waals surface area contributed by atoms with Crippen LogP contribution in [0.2, 0.25) is 5.02 Å². The van der Waals surface area contributed by atoms with Gasteiger partial charge in [-0.25, -0.2) is 9.18 Å². The maximum atomic E-state index is 14.3. The van der Waals surface area contributed by atoms with Crippen molar-refractivity contribution in [3.05, 3.63) is 52.4 Å². The van der Waals surface area contributed by atoms with Crippen molar-refractivity contribution in [3.63, 3.8) is 0 Å². The van der Waals surface area contributed by atoms with Gasteiger partial charge in [0.05, 0.1) is 16.4 Å². The highest BCUT2D eigenvalue weighted by atomic mass is 35.5. The predicted molar refractivity (Wildman–Crippen MR) is 126 cm³/mol. The van der Waals surface area contributed by atoms with Crippen molar-refractivity contribution in [1.82, 2.24) is 14.8 Å². The lowest BCUT2D eigenvalue weighted by Crippen LogP contribution is -2.52. The van der Waals surface area contributed by atoms with Gasteiger partial charge in [-0.05, 0) is 45.4 Å². The zero-order chi connectivity index (χ0) is 23.5. The molecule has 1 aromatic heterocycles. The number of carbonyl (C=O) groups excluding carboxylic acids is 1. The molecule has 1 saturated heterocycles. The van der Waals surface area contributed by atoms with Gasteiger partial charge in [0.2, 0.25) is 0 Å². The molecular formula is C24H30ClFN4O2. The second kappa shape index (κ2) is 9.86. The first kappa shape index (κ1) is 24.0. The number of amidine groups is 1. The molecule has 2 heterocycles. The molecule has 1 aromatic carbocycles. The van der Waals surface area contributed by atoms with E-state index in [0.29, 0.717) is 48.9 Å². The average Bonchev–Trinajstić information content (AvgIpc) is 2.74. The molecule has 2 aromatic rings. The Hall–Kier alpha value is -2.67. The molecule has 1 fully saturated rings. The van der Waals surface area contributed by atoms with Crippen LogP contribution in [0.15, 0.2) is 35.3 Å². The highest BCUT2D eigenvalue weighted by Crippen LogP contribution is 2.31. The standard InChI is InChI=1S/C24H30ClFN4O2/c1-6-20-17(15-18(25)21(28-20)16-9-7-8-10-19(16)26)22(27-5)29-11-13-30(14-12-29)23(31)32-24(2,3)4/h7-10,15H,6,11-14H2,1-5H3. The minimum atomic E-state index is -0.525. The number of piperazine rings is 1. The van der Waals surface area contributed by atoms with E-state index in [2.05, 4.69) is 9.89 Å². The summed E-state index contributed by atoms with van der Waals surface area (Å²) in [6.07, 6.45) is 0.338. The maximum Gasteiger partial charge on any atom is 0.410 e. The summed E-state index contributed by atoms with van der Waals surface area (Å²) in [7, 11) is 1.73. The lowest BCUT2D eigenvalue weighted by Gasteiger charge is -2.37. The molecule has 0 spiro atoms. The van der Waals surface area contributed by atoms with Crippen LogP contribution in [-0.4, -0.2) is 65.5 Å². The van der Waals surface area contributed by atoms with Crippen LogP contribution in [0.5, 0.6) is 0 Å². The molecule has 8 heteroatoms. The number of carbonyl (C=O) groups is 1. The zero-order valence-corrected chi connectivity index (χ0v) is 20.0. The van der Waals surface area contributed by atoms with Gasteiger partial charge in [-0.3, -0.25) is 9.98 Å². The van der Waals surface area contributed by atoms with E-state index in [1.165, 1.54) is 6.07 Å². The van der Waals surface area contributed by atoms with Crippen LogP contribution in [0.25, 0.3) is 11.3 Å². The summed E-state index contributed by atoms with van der Waals surface area (Å²) in [6, 6.07) is 8.29. The summed E-state index contributed by atoms with van der Waals surface area (Å²) in [5.41, 5.74) is 1.90. The number of halogens is 2. The van der Waals surface area contributed by atoms with Crippen LogP contribution >= 0.6 is 11.6 Å². The molecule has 0 unspecified atom stereocenters. The molecule has 1 aliphatic rings. The highest BCUT2D eigenvalue weighted by Gasteiger charge is 2.28. The predicted octanol–water partition coefficient (Wildman–Crippen LogP) is 5.03. The molecule has 0 N–H and O–H groups in total. The van der Waals surface area contributed by atoms with Crippen molar-refractivity contribution in [1.29, 1.82) is 0 Å². The van der Waals surface area contributed by atoms with Gasteiger partial charge >= 0.3 is 6.09 Å². The Bertz CT molecular complexity index is 1010. The summed E-state index contributed by atoms with van der Waals surface area (Å²) < 4.78 is 19.8. The van der Waals surface area contributed by atoms with Crippen LogP contribution in [0.3, 0.4) is 0 Å². The average molecular weight is 461 g/mol. The Morgan fingerprint density at radius 3 is 2.38 bits per heavy atom. The lowest BCUT2D eigenvalue weighted by atomic mass is 10.0. The first-order valence-corrected chi connectivity index (χ1v) is 11.2. The molecule has 6 nitrogen and oxygen atoms in total. The minimum absolute atomic E-state index is 0.305. The van der Waals surface area contributed by atoms with Gasteiger partial charge in [-0.15, -0.1) is 0 Å². The van der Waals surface area contributed by atoms with E-state index in [0.717, 1.165) is 17.1 Å². The number of hydrogen-bond acceptors (Lipinski definition) is 4. The fourth-order valence-electron chi connectivity index (χ4n) is 3.69. The molecule has 0 aliphatic carbocycles. The Morgan fingerprint density at radius 2 is 1.81 bits per heavy atom. The lowest BCUT2D eigenvalue weighted by molar-refractivity contribution is 0.0187. The molecular weight excluding hydrogens is 431 g/mol. The number of benzene rings is 1. The van der Waals surface area contributed by atoms with E-state index in [4.69, 9.17) is 21.3 Å². The number of aryl methyl sites for hydroxylation is 1. The van der Waals surface area contributed by atoms with Gasteiger partial charge in [0, 0.05) is 44.4 Å². The van der Waals surface area contributed by atoms with E-state index in [1.54, 1.807) is 30.1 Å². The number of nitrogens with zero attached hydrogens (tertiary/aromatic N) is 4. The largest absolute Gasteiger partial charge is 0.444 e. The van der Waals surface area contributed by atoms with E-state index >= 15 is 0 Å². The number of pyridine rings is 1. The van der Waals surface area contributed by atoms with Gasteiger partial charge in [0.25, 0.3) is 0 Å². The summed E-state index contributed by atoms with van der Waals surface area (Å²) in [5.74, 6) is 0.402. The third kappa shape index (κ3) is 5.38. The number of hydrogen-bond donors (Lipinski definition) is 0. The van der Waals surface area contributed by atoms with Crippen molar-refractivity contribution in [3.8, 4) is 11.3 Å². The van der Waals surface area contributed by atoms with Crippen molar-refractivity contribution >= 4 is 23.5 Å². The quantitative estimate of drug-likeness (QED) is 0.476. The fraction of sp³-hybridized carbons (Fsp3) is 0.458. The molecule has 32 heavy (non-hydrogen) atoms. The van der Waals surface area contributed by atoms with Gasteiger partial charge in [0.1, 0.15) is 17.3 Å². The second-order valence-electron chi connectivity index (χ2n) is 8.65. The number of aromatic nitrogens is 1. The first-order chi connectivity index (χ1) is 15.1. The van der Waals surface area contributed by atoms with Gasteiger partial charge in [0.15, 0.2) is 0 Å². The van der Waals surface area contributed by atoms with Crippen LogP contribution in [0, 0.1) is 5.82 Å². The van der Waals surface area contributed by atoms with Crippen LogP contribution in [-0.2, 0) is 11.2 Å². The monoisotopic (exact) mass is 460 g/mol. The fourth-order valence-corrected chi connectivity index (χ4v) is 3.94. The third-order valence-corrected chi connectivity index (χ3v) is 5.49. The summed E-state index contributed by atoms with van der Waals surface area (Å²) >= 11 is 6.56. The minimum Gasteiger partial charge on any atom is -0.444 e. The smallest absolute Gasteiger partial charge is 0.410 e. The Morgan fingerprint density at radius 1 is 1.19 bits per heavy atom. The van der Waals surface area contributed by atoms with Crippen LogP contribution in [0.1, 0.15) is 39.0 Å². The molecule has 0 atom stereocenters. The molecule has 1 aliphatic heterocycles. The van der Waals surface area contributed by atoms with Gasteiger partial charge < -0.3 is 14.5 Å².